The summed E-state index contributed by atoms with van der Waals surface area (Å²) in [7, 11) is 0. The molecule has 0 spiro atoms. The number of hydrogen-bond donors (Lipinski definition) is 1. The third-order valence-electron chi connectivity index (χ3n) is 4.16. The Hall–Kier alpha value is -0.120. The van der Waals surface area contributed by atoms with E-state index in [9.17, 15) is 0 Å². The van der Waals surface area contributed by atoms with Gasteiger partial charge in [-0.15, -0.1) is 0 Å². The van der Waals surface area contributed by atoms with Crippen molar-refractivity contribution in [1.82, 2.24) is 10.2 Å². The highest BCUT2D eigenvalue weighted by Gasteiger charge is 2.22. The molecule has 0 bridgehead atoms. The molecule has 1 unspecified atom stereocenters. The largest absolute Gasteiger partial charge is 0.381 e. The molecule has 3 nitrogen and oxygen atoms in total. The average Bonchev–Trinajstić information content (AvgIpc) is 2.39. The molecule has 0 aromatic carbocycles. The van der Waals surface area contributed by atoms with E-state index in [1.807, 2.05) is 0 Å². The minimum atomic E-state index is 0.800. The summed E-state index contributed by atoms with van der Waals surface area (Å²) in [6, 6.07) is 0. The van der Waals surface area contributed by atoms with Crippen molar-refractivity contribution in [2.45, 2.75) is 32.6 Å². The number of nitrogens with zero attached hydrogens (tertiary/aromatic N) is 1. The molecule has 2 saturated heterocycles. The van der Waals surface area contributed by atoms with Crippen LogP contribution in [0.25, 0.3) is 0 Å². The first-order valence-corrected chi connectivity index (χ1v) is 7.39. The van der Waals surface area contributed by atoms with Gasteiger partial charge in [0, 0.05) is 13.2 Å². The van der Waals surface area contributed by atoms with Gasteiger partial charge in [0.15, 0.2) is 0 Å². The van der Waals surface area contributed by atoms with E-state index >= 15 is 0 Å². The molecule has 17 heavy (non-hydrogen) atoms. The first-order chi connectivity index (χ1) is 8.38. The number of piperidine rings is 1. The van der Waals surface area contributed by atoms with Crippen LogP contribution in [0.5, 0.6) is 0 Å². The van der Waals surface area contributed by atoms with Crippen LogP contribution in [-0.4, -0.2) is 50.8 Å². The molecule has 0 amide bonds. The summed E-state index contributed by atoms with van der Waals surface area (Å²) in [5.74, 6) is 1.71. The maximum Gasteiger partial charge on any atom is 0.0506 e. The topological polar surface area (TPSA) is 24.5 Å². The highest BCUT2D eigenvalue weighted by molar-refractivity contribution is 4.76. The third-order valence-corrected chi connectivity index (χ3v) is 4.16. The smallest absolute Gasteiger partial charge is 0.0506 e. The average molecular weight is 240 g/mol. The Balaban J connectivity index is 1.61. The van der Waals surface area contributed by atoms with Gasteiger partial charge in [0.25, 0.3) is 0 Å². The Bertz CT molecular complexity index is 196. The van der Waals surface area contributed by atoms with E-state index in [0.29, 0.717) is 0 Å². The van der Waals surface area contributed by atoms with Crippen LogP contribution in [0.4, 0.5) is 0 Å². The van der Waals surface area contributed by atoms with Gasteiger partial charge in [-0.1, -0.05) is 6.92 Å². The van der Waals surface area contributed by atoms with Crippen molar-refractivity contribution >= 4 is 0 Å². The standard InChI is InChI=1S/C14H28N2O/c1-2-15-10-13-5-7-16(8-6-13)11-14-4-3-9-17-12-14/h13-15H,2-12H2,1H3. The molecule has 1 atom stereocenters. The van der Waals surface area contributed by atoms with Gasteiger partial charge in [-0.05, 0) is 63.7 Å². The maximum absolute atomic E-state index is 5.56. The van der Waals surface area contributed by atoms with E-state index in [1.54, 1.807) is 0 Å². The Morgan fingerprint density at radius 1 is 1.18 bits per heavy atom. The first kappa shape index (κ1) is 13.3. The third kappa shape index (κ3) is 4.57. The van der Waals surface area contributed by atoms with Crippen molar-refractivity contribution in [1.29, 1.82) is 0 Å². The molecular formula is C14H28N2O. The number of rotatable bonds is 5. The second-order valence-electron chi connectivity index (χ2n) is 5.63. The lowest BCUT2D eigenvalue weighted by molar-refractivity contribution is 0.0327. The molecule has 2 aliphatic rings. The minimum absolute atomic E-state index is 0.800. The molecule has 100 valence electrons. The minimum Gasteiger partial charge on any atom is -0.381 e. The van der Waals surface area contributed by atoms with E-state index in [-0.39, 0.29) is 0 Å². The zero-order valence-corrected chi connectivity index (χ0v) is 11.3. The van der Waals surface area contributed by atoms with Gasteiger partial charge in [0.2, 0.25) is 0 Å². The molecule has 2 heterocycles. The van der Waals surface area contributed by atoms with Crippen LogP contribution < -0.4 is 5.32 Å². The van der Waals surface area contributed by atoms with Gasteiger partial charge in [0.05, 0.1) is 6.61 Å². The molecule has 2 fully saturated rings. The van der Waals surface area contributed by atoms with E-state index in [0.717, 1.165) is 31.6 Å². The van der Waals surface area contributed by atoms with Gasteiger partial charge < -0.3 is 15.0 Å². The van der Waals surface area contributed by atoms with Crippen LogP contribution in [-0.2, 0) is 4.74 Å². The number of likely N-dealkylation sites (tertiary alicyclic amines) is 1. The predicted molar refractivity (Wildman–Crippen MR) is 71.3 cm³/mol. The lowest BCUT2D eigenvalue weighted by Crippen LogP contribution is -2.41. The quantitative estimate of drug-likeness (QED) is 0.792. The van der Waals surface area contributed by atoms with Crippen molar-refractivity contribution in [3.05, 3.63) is 0 Å². The summed E-state index contributed by atoms with van der Waals surface area (Å²) in [5.41, 5.74) is 0. The van der Waals surface area contributed by atoms with Crippen LogP contribution in [0, 0.1) is 11.8 Å². The second kappa shape index (κ2) is 7.34. The zero-order valence-electron chi connectivity index (χ0n) is 11.3. The van der Waals surface area contributed by atoms with Crippen molar-refractivity contribution in [3.8, 4) is 0 Å². The molecule has 2 rings (SSSR count). The zero-order chi connectivity index (χ0) is 11.9. The molecule has 0 saturated carbocycles. The molecular weight excluding hydrogens is 212 g/mol. The Morgan fingerprint density at radius 3 is 2.65 bits per heavy atom. The SMILES string of the molecule is CCNCC1CCN(CC2CCCOC2)CC1. The fourth-order valence-corrected chi connectivity index (χ4v) is 3.04. The van der Waals surface area contributed by atoms with Gasteiger partial charge in [-0.3, -0.25) is 0 Å². The summed E-state index contributed by atoms with van der Waals surface area (Å²) in [6.07, 6.45) is 5.39. The molecule has 0 aromatic heterocycles. The summed E-state index contributed by atoms with van der Waals surface area (Å²) in [6.45, 7) is 10.4. The number of hydrogen-bond acceptors (Lipinski definition) is 3. The van der Waals surface area contributed by atoms with Crippen LogP contribution in [0.15, 0.2) is 0 Å². The predicted octanol–water partition coefficient (Wildman–Crippen LogP) is 1.73. The van der Waals surface area contributed by atoms with Crippen molar-refractivity contribution < 1.29 is 4.74 Å². The number of ether oxygens (including phenoxy) is 1. The summed E-state index contributed by atoms with van der Waals surface area (Å²) in [4.78, 5) is 2.65. The highest BCUT2D eigenvalue weighted by Crippen LogP contribution is 2.20. The summed E-state index contributed by atoms with van der Waals surface area (Å²) < 4.78 is 5.56. The molecule has 3 heteroatoms. The summed E-state index contributed by atoms with van der Waals surface area (Å²) >= 11 is 0. The molecule has 0 aliphatic carbocycles. The first-order valence-electron chi connectivity index (χ1n) is 7.39. The van der Waals surface area contributed by atoms with Crippen LogP contribution in [0.3, 0.4) is 0 Å². The van der Waals surface area contributed by atoms with Gasteiger partial charge in [-0.25, -0.2) is 0 Å². The highest BCUT2D eigenvalue weighted by atomic mass is 16.5. The Kier molecular flexibility index (Phi) is 5.75. The van der Waals surface area contributed by atoms with Crippen molar-refractivity contribution in [2.24, 2.45) is 11.8 Å². The maximum atomic E-state index is 5.56. The van der Waals surface area contributed by atoms with Gasteiger partial charge >= 0.3 is 0 Å². The normalized spacial score (nSPS) is 28.4. The van der Waals surface area contributed by atoms with Crippen molar-refractivity contribution in [2.75, 3.05) is 45.9 Å². The Morgan fingerprint density at radius 2 is 2.00 bits per heavy atom. The molecule has 0 aromatic rings. The lowest BCUT2D eigenvalue weighted by atomic mass is 9.94. The van der Waals surface area contributed by atoms with E-state index < -0.39 is 0 Å². The summed E-state index contributed by atoms with van der Waals surface area (Å²) in [5, 5.41) is 3.48. The molecule has 1 N–H and O–H groups in total. The fraction of sp³-hybridized carbons (Fsp3) is 1.00. The fourth-order valence-electron chi connectivity index (χ4n) is 3.04. The van der Waals surface area contributed by atoms with Gasteiger partial charge in [0.1, 0.15) is 0 Å². The lowest BCUT2D eigenvalue weighted by Gasteiger charge is -2.35. The molecule has 0 radical (unpaired) electrons. The second-order valence-corrected chi connectivity index (χ2v) is 5.63. The van der Waals surface area contributed by atoms with Crippen LogP contribution in [0.1, 0.15) is 32.6 Å². The van der Waals surface area contributed by atoms with E-state index in [4.69, 9.17) is 4.74 Å². The van der Waals surface area contributed by atoms with Crippen molar-refractivity contribution in [3.63, 3.8) is 0 Å². The Labute approximate surface area is 106 Å². The number of nitrogens with one attached hydrogen (secondary N) is 1. The molecule has 2 aliphatic heterocycles. The van der Waals surface area contributed by atoms with Crippen LogP contribution >= 0.6 is 0 Å². The van der Waals surface area contributed by atoms with Crippen LogP contribution in [0.2, 0.25) is 0 Å². The van der Waals surface area contributed by atoms with E-state index in [1.165, 1.54) is 51.9 Å². The van der Waals surface area contributed by atoms with Gasteiger partial charge in [-0.2, -0.15) is 0 Å². The van der Waals surface area contributed by atoms with E-state index in [2.05, 4.69) is 17.1 Å². The monoisotopic (exact) mass is 240 g/mol.